The van der Waals surface area contributed by atoms with Crippen LogP contribution in [0.1, 0.15) is 17.7 Å². The van der Waals surface area contributed by atoms with Gasteiger partial charge in [-0.3, -0.25) is 0 Å². The highest BCUT2D eigenvalue weighted by molar-refractivity contribution is 8.00. The predicted molar refractivity (Wildman–Crippen MR) is 107 cm³/mol. The average molecular weight is 393 g/mol. The number of nitrogens with one attached hydrogen (secondary N) is 1. The fourth-order valence-corrected chi connectivity index (χ4v) is 6.84. The number of thioether (sulfide) groups is 1. The molecule has 25 heavy (non-hydrogen) atoms. The van der Waals surface area contributed by atoms with E-state index in [2.05, 4.69) is 11.4 Å². The van der Waals surface area contributed by atoms with Crippen molar-refractivity contribution in [3.63, 3.8) is 0 Å². The quantitative estimate of drug-likeness (QED) is 0.719. The van der Waals surface area contributed by atoms with Crippen molar-refractivity contribution in [3.05, 3.63) is 48.0 Å². The highest BCUT2D eigenvalue weighted by atomic mass is 32.2. The summed E-state index contributed by atoms with van der Waals surface area (Å²) in [5, 5.41) is 2.90. The summed E-state index contributed by atoms with van der Waals surface area (Å²) < 4.78 is 27.5. The van der Waals surface area contributed by atoms with Crippen LogP contribution >= 0.6 is 23.5 Å². The minimum Gasteiger partial charge on any atom is -0.354 e. The van der Waals surface area contributed by atoms with Crippen LogP contribution in [0.15, 0.2) is 52.3 Å². The summed E-state index contributed by atoms with van der Waals surface area (Å²) in [5.74, 6) is 1.76. The maximum Gasteiger partial charge on any atom is 0.220 e. The molecule has 0 amide bonds. The average Bonchev–Trinajstić information content (AvgIpc) is 2.66. The van der Waals surface area contributed by atoms with Crippen molar-refractivity contribution in [2.45, 2.75) is 22.0 Å². The molecule has 7 heteroatoms. The van der Waals surface area contributed by atoms with Crippen molar-refractivity contribution >= 4 is 44.9 Å². The number of rotatable bonds is 3. The minimum absolute atomic E-state index is 0.537. The van der Waals surface area contributed by atoms with Crippen LogP contribution in [0.5, 0.6) is 0 Å². The Labute approximate surface area is 157 Å². The molecule has 1 fully saturated rings. The standard InChI is InChI=1S/C18H20N2O2S3/c1-13(25(21,22)20-8-10-23-11-9-20)14-6-7-18-16(12-14)19-15-4-2-3-5-17(15)24-18/h2-7,12-13,19H,8-11H2,1H3. The van der Waals surface area contributed by atoms with Gasteiger partial charge in [-0.15, -0.1) is 0 Å². The number of hydrogen-bond acceptors (Lipinski definition) is 5. The second-order valence-electron chi connectivity index (χ2n) is 6.18. The van der Waals surface area contributed by atoms with Gasteiger partial charge in [0.05, 0.1) is 16.6 Å². The molecule has 0 aromatic heterocycles. The fraction of sp³-hybridized carbons (Fsp3) is 0.333. The molecule has 2 aromatic carbocycles. The molecule has 1 atom stereocenters. The zero-order valence-electron chi connectivity index (χ0n) is 13.9. The molecule has 2 aromatic rings. The van der Waals surface area contributed by atoms with E-state index in [0.29, 0.717) is 13.1 Å². The molecule has 2 aliphatic heterocycles. The van der Waals surface area contributed by atoms with Gasteiger partial charge in [0, 0.05) is 34.4 Å². The summed E-state index contributed by atoms with van der Waals surface area (Å²) in [5.41, 5.74) is 2.89. The molecule has 0 bridgehead atoms. The van der Waals surface area contributed by atoms with Crippen LogP contribution < -0.4 is 5.32 Å². The number of sulfonamides is 1. The molecule has 2 aliphatic rings. The summed E-state index contributed by atoms with van der Waals surface area (Å²) >= 11 is 3.53. The van der Waals surface area contributed by atoms with E-state index in [1.165, 1.54) is 4.90 Å². The number of nitrogens with zero attached hydrogens (tertiary/aromatic N) is 1. The Kier molecular flexibility index (Phi) is 4.75. The van der Waals surface area contributed by atoms with Crippen LogP contribution in [0.3, 0.4) is 0 Å². The third-order valence-corrected chi connectivity index (χ3v) is 8.97. The summed E-state index contributed by atoms with van der Waals surface area (Å²) in [6.45, 7) is 3.02. The van der Waals surface area contributed by atoms with E-state index in [9.17, 15) is 8.42 Å². The first kappa shape index (κ1) is 17.3. The van der Waals surface area contributed by atoms with Crippen LogP contribution in [0, 0.1) is 0 Å². The molecule has 0 saturated carbocycles. The van der Waals surface area contributed by atoms with Crippen LogP contribution in [0.2, 0.25) is 0 Å². The van der Waals surface area contributed by atoms with E-state index in [4.69, 9.17) is 0 Å². The molecule has 1 N–H and O–H groups in total. The van der Waals surface area contributed by atoms with E-state index in [1.54, 1.807) is 23.0 Å². The van der Waals surface area contributed by atoms with Gasteiger partial charge in [0.15, 0.2) is 0 Å². The van der Waals surface area contributed by atoms with Crippen molar-refractivity contribution in [3.8, 4) is 0 Å². The lowest BCUT2D eigenvalue weighted by atomic mass is 10.1. The Morgan fingerprint density at radius 2 is 1.76 bits per heavy atom. The van der Waals surface area contributed by atoms with Gasteiger partial charge in [-0.05, 0) is 36.8 Å². The topological polar surface area (TPSA) is 49.4 Å². The van der Waals surface area contributed by atoms with Crippen LogP contribution in [0.25, 0.3) is 0 Å². The van der Waals surface area contributed by atoms with Gasteiger partial charge in [0.1, 0.15) is 0 Å². The molecule has 4 rings (SSSR count). The minimum atomic E-state index is -3.32. The summed E-state index contributed by atoms with van der Waals surface area (Å²) in [7, 11) is -3.32. The highest BCUT2D eigenvalue weighted by Gasteiger charge is 2.31. The number of benzene rings is 2. The molecule has 0 radical (unpaired) electrons. The molecule has 2 heterocycles. The number of hydrogen-bond donors (Lipinski definition) is 1. The number of anilines is 2. The van der Waals surface area contributed by atoms with Gasteiger partial charge >= 0.3 is 0 Å². The van der Waals surface area contributed by atoms with Crippen molar-refractivity contribution < 1.29 is 8.42 Å². The van der Waals surface area contributed by atoms with E-state index in [1.807, 2.05) is 48.2 Å². The SMILES string of the molecule is CC(c1ccc2c(c1)Nc1ccccc1S2)S(=O)(=O)N1CCSCC1. The molecule has 1 unspecified atom stereocenters. The summed E-state index contributed by atoms with van der Waals surface area (Å²) in [6.07, 6.45) is 0. The second-order valence-corrected chi connectivity index (χ2v) is 10.7. The molecule has 0 aliphatic carbocycles. The Balaban J connectivity index is 1.62. The molecular weight excluding hydrogens is 372 g/mol. The first-order chi connectivity index (χ1) is 12.1. The maximum atomic E-state index is 12.9. The van der Waals surface area contributed by atoms with Gasteiger partial charge in [-0.25, -0.2) is 8.42 Å². The van der Waals surface area contributed by atoms with E-state index in [-0.39, 0.29) is 0 Å². The summed E-state index contributed by atoms with van der Waals surface area (Å²) in [6, 6.07) is 14.1. The van der Waals surface area contributed by atoms with Gasteiger partial charge in [0.25, 0.3) is 0 Å². The van der Waals surface area contributed by atoms with Gasteiger partial charge < -0.3 is 5.32 Å². The van der Waals surface area contributed by atoms with Crippen molar-refractivity contribution in [2.24, 2.45) is 0 Å². The Hall–Kier alpha value is -1.15. The fourth-order valence-electron chi connectivity index (χ4n) is 3.11. The van der Waals surface area contributed by atoms with E-state index in [0.717, 1.165) is 33.3 Å². The van der Waals surface area contributed by atoms with Crippen LogP contribution in [0.4, 0.5) is 11.4 Å². The monoisotopic (exact) mass is 392 g/mol. The highest BCUT2D eigenvalue weighted by Crippen LogP contribution is 2.45. The molecule has 1 saturated heterocycles. The molecule has 132 valence electrons. The normalized spacial score (nSPS) is 18.8. The Morgan fingerprint density at radius 3 is 2.56 bits per heavy atom. The van der Waals surface area contributed by atoms with Gasteiger partial charge in [0.2, 0.25) is 10.0 Å². The van der Waals surface area contributed by atoms with Crippen molar-refractivity contribution in [1.29, 1.82) is 0 Å². The predicted octanol–water partition coefficient (Wildman–Crippen LogP) is 4.33. The maximum absolute atomic E-state index is 12.9. The molecule has 0 spiro atoms. The number of fused-ring (bicyclic) bond motifs is 2. The molecule has 4 nitrogen and oxygen atoms in total. The lowest BCUT2D eigenvalue weighted by Crippen LogP contribution is -2.39. The summed E-state index contributed by atoms with van der Waals surface area (Å²) in [4.78, 5) is 2.32. The van der Waals surface area contributed by atoms with E-state index >= 15 is 0 Å². The molecular formula is C18H20N2O2S3. The lowest BCUT2D eigenvalue weighted by Gasteiger charge is -2.29. The van der Waals surface area contributed by atoms with Gasteiger partial charge in [-0.2, -0.15) is 16.1 Å². The largest absolute Gasteiger partial charge is 0.354 e. The van der Waals surface area contributed by atoms with Gasteiger partial charge in [-0.1, -0.05) is 30.0 Å². The third kappa shape index (κ3) is 3.30. The van der Waals surface area contributed by atoms with Crippen LogP contribution in [-0.4, -0.2) is 37.3 Å². The lowest BCUT2D eigenvalue weighted by molar-refractivity contribution is 0.436. The third-order valence-electron chi connectivity index (χ3n) is 4.63. The zero-order chi connectivity index (χ0) is 17.4. The van der Waals surface area contributed by atoms with Crippen molar-refractivity contribution in [2.75, 3.05) is 29.9 Å². The Bertz CT molecular complexity index is 893. The first-order valence-corrected chi connectivity index (χ1v) is 11.8. The number of para-hydroxylation sites is 1. The second kappa shape index (κ2) is 6.87. The van der Waals surface area contributed by atoms with Crippen LogP contribution in [-0.2, 0) is 10.0 Å². The Morgan fingerprint density at radius 1 is 1.04 bits per heavy atom. The smallest absolute Gasteiger partial charge is 0.220 e. The first-order valence-electron chi connectivity index (χ1n) is 8.30. The van der Waals surface area contributed by atoms with E-state index < -0.39 is 15.3 Å². The zero-order valence-corrected chi connectivity index (χ0v) is 16.4. The van der Waals surface area contributed by atoms with Crippen molar-refractivity contribution in [1.82, 2.24) is 4.31 Å².